The van der Waals surface area contributed by atoms with Crippen LogP contribution in [0.3, 0.4) is 0 Å². The summed E-state index contributed by atoms with van der Waals surface area (Å²) in [7, 11) is 1.40. The number of nitrogens with zero attached hydrogens (tertiary/aromatic N) is 3. The number of anilines is 1. The zero-order valence-corrected chi connectivity index (χ0v) is 20.2. The normalized spacial score (nSPS) is 19.8. The average Bonchev–Trinajstić information content (AvgIpc) is 3.43. The van der Waals surface area contributed by atoms with Crippen LogP contribution in [0.1, 0.15) is 35.2 Å². The van der Waals surface area contributed by atoms with Crippen LogP contribution in [0.5, 0.6) is 0 Å². The van der Waals surface area contributed by atoms with Gasteiger partial charge in [0.25, 0.3) is 12.3 Å². The fourth-order valence-electron chi connectivity index (χ4n) is 4.52. The Morgan fingerprint density at radius 1 is 1.22 bits per heavy atom. The molecule has 2 aliphatic rings. The molecule has 4 heterocycles. The molecule has 0 spiro atoms. The molecule has 198 valence electrons. The van der Waals surface area contributed by atoms with E-state index in [1.54, 1.807) is 9.80 Å². The van der Waals surface area contributed by atoms with Gasteiger partial charge in [-0.2, -0.15) is 13.2 Å². The number of fused-ring (bicyclic) bond motifs is 1. The van der Waals surface area contributed by atoms with E-state index < -0.39 is 36.3 Å². The minimum Gasteiger partial charge on any atom is -0.445 e. The van der Waals surface area contributed by atoms with Crippen LogP contribution in [0.15, 0.2) is 11.4 Å². The number of halogens is 5. The SMILES string of the molecule is CNC(=O)c1csc2c(C(F)(F)F)cc(N3CCC(NC(=O)O[C@H]4CCN(CC(F)F)C4)CC3)nc12. The fourth-order valence-corrected chi connectivity index (χ4v) is 5.55. The van der Waals surface area contributed by atoms with Crippen molar-refractivity contribution in [3.8, 4) is 0 Å². The van der Waals surface area contributed by atoms with E-state index in [2.05, 4.69) is 15.6 Å². The summed E-state index contributed by atoms with van der Waals surface area (Å²) >= 11 is 0.826. The van der Waals surface area contributed by atoms with Crippen molar-refractivity contribution in [3.05, 3.63) is 22.6 Å². The number of carbonyl (C=O) groups excluding carboxylic acids is 2. The molecular weight excluding hydrogens is 509 g/mol. The molecule has 2 aliphatic heterocycles. The fraction of sp³-hybridized carbons (Fsp3) is 0.591. The first-order valence-corrected chi connectivity index (χ1v) is 12.4. The number of alkyl carbamates (subject to hydrolysis) is 1. The molecule has 2 aromatic heterocycles. The predicted molar refractivity (Wildman–Crippen MR) is 124 cm³/mol. The second-order valence-electron chi connectivity index (χ2n) is 8.80. The maximum atomic E-state index is 13.8. The lowest BCUT2D eigenvalue weighted by molar-refractivity contribution is -0.136. The Labute approximate surface area is 207 Å². The number of rotatable bonds is 6. The van der Waals surface area contributed by atoms with Crippen LogP contribution in [0.4, 0.5) is 32.6 Å². The van der Waals surface area contributed by atoms with Crippen molar-refractivity contribution < 1.29 is 36.3 Å². The van der Waals surface area contributed by atoms with Crippen molar-refractivity contribution in [1.82, 2.24) is 20.5 Å². The maximum Gasteiger partial charge on any atom is 0.417 e. The van der Waals surface area contributed by atoms with Crippen molar-refractivity contribution in [2.24, 2.45) is 0 Å². The van der Waals surface area contributed by atoms with E-state index in [1.165, 1.54) is 12.4 Å². The highest BCUT2D eigenvalue weighted by molar-refractivity contribution is 7.17. The molecule has 2 fully saturated rings. The Hall–Kier alpha value is -2.74. The van der Waals surface area contributed by atoms with Gasteiger partial charge in [-0.25, -0.2) is 18.6 Å². The topological polar surface area (TPSA) is 86.8 Å². The predicted octanol–water partition coefficient (Wildman–Crippen LogP) is 3.71. The van der Waals surface area contributed by atoms with Gasteiger partial charge in [0.1, 0.15) is 11.9 Å². The summed E-state index contributed by atoms with van der Waals surface area (Å²) in [6.07, 6.45) is -6.77. The highest BCUT2D eigenvalue weighted by atomic mass is 32.1. The first-order valence-electron chi connectivity index (χ1n) is 11.5. The number of alkyl halides is 5. The Balaban J connectivity index is 1.38. The van der Waals surface area contributed by atoms with E-state index in [1.807, 2.05) is 0 Å². The van der Waals surface area contributed by atoms with Gasteiger partial charge in [-0.3, -0.25) is 9.69 Å². The highest BCUT2D eigenvalue weighted by Gasteiger charge is 2.36. The first-order chi connectivity index (χ1) is 17.0. The van der Waals surface area contributed by atoms with E-state index >= 15 is 0 Å². The lowest BCUT2D eigenvalue weighted by atomic mass is 10.0. The summed E-state index contributed by atoms with van der Waals surface area (Å²) in [5, 5.41) is 6.55. The Bertz CT molecular complexity index is 1100. The third-order valence-corrected chi connectivity index (χ3v) is 7.33. The molecule has 0 radical (unpaired) electrons. The monoisotopic (exact) mass is 535 g/mol. The van der Waals surface area contributed by atoms with E-state index in [0.29, 0.717) is 38.9 Å². The van der Waals surface area contributed by atoms with Crippen molar-refractivity contribution in [2.75, 3.05) is 44.7 Å². The minimum absolute atomic E-state index is 0.00505. The van der Waals surface area contributed by atoms with Crippen LogP contribution >= 0.6 is 11.3 Å². The highest BCUT2D eigenvalue weighted by Crippen LogP contribution is 2.40. The minimum atomic E-state index is -4.62. The number of piperidine rings is 1. The molecule has 0 aliphatic carbocycles. The molecule has 2 amide bonds. The molecule has 0 bridgehead atoms. The molecule has 36 heavy (non-hydrogen) atoms. The number of hydrogen-bond acceptors (Lipinski definition) is 7. The largest absolute Gasteiger partial charge is 0.445 e. The van der Waals surface area contributed by atoms with Crippen LogP contribution in [0, 0.1) is 0 Å². The standard InChI is InChI=1S/C22H26F5N5O3S/c1-28-20(33)14-11-36-19-15(22(25,26)27)8-17(30-18(14)19)32-6-2-12(3-7-32)29-21(34)35-13-4-5-31(9-13)10-16(23)24/h8,11-13,16H,2-7,9-10H2,1H3,(H,28,33)(H,29,34)/t13-/m0/s1. The van der Waals surface area contributed by atoms with Crippen molar-refractivity contribution in [2.45, 2.75) is 44.0 Å². The van der Waals surface area contributed by atoms with Gasteiger partial charge in [0.15, 0.2) is 0 Å². The zero-order chi connectivity index (χ0) is 26.0. The zero-order valence-electron chi connectivity index (χ0n) is 19.4. The van der Waals surface area contributed by atoms with Crippen LogP contribution in [0.2, 0.25) is 0 Å². The van der Waals surface area contributed by atoms with E-state index in [0.717, 1.165) is 17.4 Å². The van der Waals surface area contributed by atoms with Crippen LogP contribution in [-0.4, -0.2) is 80.2 Å². The van der Waals surface area contributed by atoms with Gasteiger partial charge < -0.3 is 20.3 Å². The van der Waals surface area contributed by atoms with E-state index in [4.69, 9.17) is 4.74 Å². The number of carbonyl (C=O) groups is 2. The second-order valence-corrected chi connectivity index (χ2v) is 9.68. The van der Waals surface area contributed by atoms with Crippen molar-refractivity contribution in [3.63, 3.8) is 0 Å². The number of thiophene rings is 1. The molecule has 2 aromatic rings. The van der Waals surface area contributed by atoms with Crippen LogP contribution in [-0.2, 0) is 10.9 Å². The molecule has 4 rings (SSSR count). The summed E-state index contributed by atoms with van der Waals surface area (Å²) in [5.41, 5.74) is -0.752. The van der Waals surface area contributed by atoms with Crippen LogP contribution < -0.4 is 15.5 Å². The Kier molecular flexibility index (Phi) is 7.83. The van der Waals surface area contributed by atoms with Gasteiger partial charge in [0.05, 0.1) is 27.9 Å². The van der Waals surface area contributed by atoms with E-state index in [-0.39, 0.29) is 40.7 Å². The van der Waals surface area contributed by atoms with Gasteiger partial charge in [-0.05, 0) is 25.3 Å². The molecule has 2 N–H and O–H groups in total. The molecule has 0 saturated carbocycles. The number of amides is 2. The number of pyridine rings is 1. The summed E-state index contributed by atoms with van der Waals surface area (Å²) in [6, 6.07) is 0.750. The van der Waals surface area contributed by atoms with Gasteiger partial charge in [0, 0.05) is 44.6 Å². The Morgan fingerprint density at radius 2 is 1.94 bits per heavy atom. The van der Waals surface area contributed by atoms with Gasteiger partial charge >= 0.3 is 12.3 Å². The number of ether oxygens (including phenoxy) is 1. The summed E-state index contributed by atoms with van der Waals surface area (Å²) in [5.74, 6) is -0.399. The molecule has 14 heteroatoms. The molecule has 0 unspecified atom stereocenters. The first kappa shape index (κ1) is 26.3. The third-order valence-electron chi connectivity index (χ3n) is 6.33. The summed E-state index contributed by atoms with van der Waals surface area (Å²) in [4.78, 5) is 32.0. The molecule has 8 nitrogen and oxygen atoms in total. The number of hydrogen-bond donors (Lipinski definition) is 2. The lowest BCUT2D eigenvalue weighted by Gasteiger charge is -2.33. The van der Waals surface area contributed by atoms with Crippen molar-refractivity contribution in [1.29, 1.82) is 0 Å². The maximum absolute atomic E-state index is 13.8. The lowest BCUT2D eigenvalue weighted by Crippen LogP contribution is -2.46. The van der Waals surface area contributed by atoms with E-state index in [9.17, 15) is 31.5 Å². The smallest absolute Gasteiger partial charge is 0.417 e. The van der Waals surface area contributed by atoms with Gasteiger partial charge in [-0.1, -0.05) is 0 Å². The van der Waals surface area contributed by atoms with Crippen molar-refractivity contribution >= 4 is 39.4 Å². The van der Waals surface area contributed by atoms with Gasteiger partial charge in [-0.15, -0.1) is 11.3 Å². The Morgan fingerprint density at radius 3 is 2.58 bits per heavy atom. The number of likely N-dealkylation sites (tertiary alicyclic amines) is 1. The molecular formula is C22H26F5N5O3S. The number of nitrogens with one attached hydrogen (secondary N) is 2. The quantitative estimate of drug-likeness (QED) is 0.549. The summed E-state index contributed by atoms with van der Waals surface area (Å²) in [6.45, 7) is 1.01. The molecule has 0 aromatic carbocycles. The molecule has 2 saturated heterocycles. The molecule has 1 atom stereocenters. The van der Waals surface area contributed by atoms with Gasteiger partial charge in [0.2, 0.25) is 0 Å². The van der Waals surface area contributed by atoms with Crippen LogP contribution in [0.25, 0.3) is 10.2 Å². The average molecular weight is 536 g/mol. The third kappa shape index (κ3) is 5.97. The summed E-state index contributed by atoms with van der Waals surface area (Å²) < 4.78 is 71.6. The second kappa shape index (κ2) is 10.7. The number of aromatic nitrogens is 1.